The topological polar surface area (TPSA) is 71.9 Å². The minimum absolute atomic E-state index is 0.0345. The number of methoxy groups -OCH3 is 1. The number of aromatic nitrogens is 3. The SMILES string of the molecule is COc1ccc(-c2n[nH]c(=S)n2CC(=O)Nc2ccc(Sc3ccccc3Cl)cc2)cc1. The molecule has 1 aromatic heterocycles. The van der Waals surface area contributed by atoms with Crippen LogP contribution in [0.1, 0.15) is 0 Å². The summed E-state index contributed by atoms with van der Waals surface area (Å²) in [5.74, 6) is 1.12. The molecule has 0 aliphatic heterocycles. The van der Waals surface area contributed by atoms with Gasteiger partial charge < -0.3 is 10.1 Å². The molecule has 0 bridgehead atoms. The van der Waals surface area contributed by atoms with Crippen LogP contribution in [-0.2, 0) is 11.3 Å². The molecule has 9 heteroatoms. The first-order valence-electron chi connectivity index (χ1n) is 9.65. The molecular formula is C23H19ClN4O2S2. The minimum Gasteiger partial charge on any atom is -0.497 e. The monoisotopic (exact) mass is 482 g/mol. The number of rotatable bonds is 7. The van der Waals surface area contributed by atoms with E-state index in [1.54, 1.807) is 23.4 Å². The summed E-state index contributed by atoms with van der Waals surface area (Å²) in [6.45, 7) is 0.0345. The zero-order valence-electron chi connectivity index (χ0n) is 17.0. The first-order valence-corrected chi connectivity index (χ1v) is 11.3. The normalized spacial score (nSPS) is 10.7. The molecular weight excluding hydrogens is 464 g/mol. The third kappa shape index (κ3) is 5.21. The van der Waals surface area contributed by atoms with Gasteiger partial charge in [-0.1, -0.05) is 35.5 Å². The van der Waals surface area contributed by atoms with E-state index in [9.17, 15) is 4.79 Å². The maximum absolute atomic E-state index is 12.7. The standard InChI is InChI=1S/C23H19ClN4O2S2/c1-30-17-10-6-15(7-11-17)22-26-27-23(31)28(22)14-21(29)25-16-8-12-18(13-9-16)32-20-5-3-2-4-19(20)24/h2-13H,14H2,1H3,(H,25,29)(H,27,31). The van der Waals surface area contributed by atoms with Crippen molar-refractivity contribution in [2.75, 3.05) is 12.4 Å². The molecule has 0 spiro atoms. The number of H-pyrrole nitrogens is 1. The highest BCUT2D eigenvalue weighted by Gasteiger charge is 2.13. The van der Waals surface area contributed by atoms with E-state index >= 15 is 0 Å². The first-order chi connectivity index (χ1) is 15.5. The molecule has 0 fully saturated rings. The molecule has 32 heavy (non-hydrogen) atoms. The van der Waals surface area contributed by atoms with E-state index in [1.807, 2.05) is 72.8 Å². The van der Waals surface area contributed by atoms with Crippen LogP contribution < -0.4 is 10.1 Å². The number of ether oxygens (including phenoxy) is 1. The maximum atomic E-state index is 12.7. The Bertz CT molecular complexity index is 1280. The maximum Gasteiger partial charge on any atom is 0.244 e. The van der Waals surface area contributed by atoms with Crippen molar-refractivity contribution in [3.63, 3.8) is 0 Å². The van der Waals surface area contributed by atoms with Crippen molar-refractivity contribution in [3.8, 4) is 17.1 Å². The van der Waals surface area contributed by atoms with Crippen molar-refractivity contribution in [2.24, 2.45) is 0 Å². The summed E-state index contributed by atoms with van der Waals surface area (Å²) in [5.41, 5.74) is 1.52. The fraction of sp³-hybridized carbons (Fsp3) is 0.0870. The molecule has 6 nitrogen and oxygen atoms in total. The van der Waals surface area contributed by atoms with Crippen LogP contribution >= 0.6 is 35.6 Å². The summed E-state index contributed by atoms with van der Waals surface area (Å²) in [6.07, 6.45) is 0. The highest BCUT2D eigenvalue weighted by atomic mass is 35.5. The summed E-state index contributed by atoms with van der Waals surface area (Å²) >= 11 is 13.1. The van der Waals surface area contributed by atoms with Gasteiger partial charge in [-0.3, -0.25) is 14.5 Å². The molecule has 162 valence electrons. The molecule has 0 aliphatic carbocycles. The lowest BCUT2D eigenvalue weighted by Crippen LogP contribution is -2.19. The number of carbonyl (C=O) groups excluding carboxylic acids is 1. The zero-order chi connectivity index (χ0) is 22.5. The van der Waals surface area contributed by atoms with Gasteiger partial charge in [0.15, 0.2) is 10.6 Å². The number of halogens is 1. The van der Waals surface area contributed by atoms with Crippen LogP contribution in [0, 0.1) is 4.77 Å². The molecule has 4 rings (SSSR count). The van der Waals surface area contributed by atoms with Gasteiger partial charge in [-0.15, -0.1) is 0 Å². The van der Waals surface area contributed by atoms with Crippen LogP contribution in [0.3, 0.4) is 0 Å². The van der Waals surface area contributed by atoms with Crippen LogP contribution in [-0.4, -0.2) is 27.8 Å². The molecule has 0 unspecified atom stereocenters. The van der Waals surface area contributed by atoms with Crippen LogP contribution in [0.25, 0.3) is 11.4 Å². The Labute approximate surface area is 199 Å². The number of benzene rings is 3. The second-order valence-corrected chi connectivity index (χ2v) is 8.68. The summed E-state index contributed by atoms with van der Waals surface area (Å²) in [4.78, 5) is 14.7. The Morgan fingerprint density at radius 1 is 1.12 bits per heavy atom. The average Bonchev–Trinajstić information content (AvgIpc) is 3.16. The number of anilines is 1. The largest absolute Gasteiger partial charge is 0.497 e. The number of carbonyl (C=O) groups is 1. The summed E-state index contributed by atoms with van der Waals surface area (Å²) in [6, 6.07) is 22.7. The van der Waals surface area contributed by atoms with E-state index in [-0.39, 0.29) is 12.5 Å². The van der Waals surface area contributed by atoms with Gasteiger partial charge in [0.1, 0.15) is 12.3 Å². The number of aromatic amines is 1. The summed E-state index contributed by atoms with van der Waals surface area (Å²) in [7, 11) is 1.61. The molecule has 1 amide bonds. The van der Waals surface area contributed by atoms with Gasteiger partial charge in [0, 0.05) is 21.0 Å². The number of hydrogen-bond donors (Lipinski definition) is 2. The van der Waals surface area contributed by atoms with E-state index in [2.05, 4.69) is 15.5 Å². The molecule has 0 atom stereocenters. The number of hydrogen-bond acceptors (Lipinski definition) is 5. The van der Waals surface area contributed by atoms with E-state index in [4.69, 9.17) is 28.6 Å². The predicted octanol–water partition coefficient (Wildman–Crippen LogP) is 6.06. The number of nitrogens with one attached hydrogen (secondary N) is 2. The number of nitrogens with zero attached hydrogens (tertiary/aromatic N) is 2. The van der Waals surface area contributed by atoms with Gasteiger partial charge in [-0.05, 0) is 72.9 Å². The van der Waals surface area contributed by atoms with Crippen LogP contribution in [0.2, 0.25) is 5.02 Å². The van der Waals surface area contributed by atoms with Crippen molar-refractivity contribution >= 4 is 47.2 Å². The fourth-order valence-electron chi connectivity index (χ4n) is 3.03. The van der Waals surface area contributed by atoms with Crippen LogP contribution in [0.5, 0.6) is 5.75 Å². The Kier molecular flexibility index (Phi) is 6.94. The summed E-state index contributed by atoms with van der Waals surface area (Å²) < 4.78 is 7.22. The first kappa shape index (κ1) is 22.1. The van der Waals surface area contributed by atoms with E-state index in [0.717, 1.165) is 21.1 Å². The summed E-state index contributed by atoms with van der Waals surface area (Å²) in [5, 5.41) is 10.6. The van der Waals surface area contributed by atoms with Gasteiger partial charge >= 0.3 is 0 Å². The Morgan fingerprint density at radius 2 is 1.84 bits per heavy atom. The third-order valence-corrected chi connectivity index (χ3v) is 6.45. The molecule has 0 saturated heterocycles. The van der Waals surface area contributed by atoms with Crippen molar-refractivity contribution in [1.29, 1.82) is 0 Å². The molecule has 1 heterocycles. The van der Waals surface area contributed by atoms with Gasteiger partial charge in [0.2, 0.25) is 5.91 Å². The van der Waals surface area contributed by atoms with Gasteiger partial charge in [-0.25, -0.2) is 0 Å². The zero-order valence-corrected chi connectivity index (χ0v) is 19.4. The Hall–Kier alpha value is -3.07. The predicted molar refractivity (Wildman–Crippen MR) is 130 cm³/mol. The second kappa shape index (κ2) is 10.0. The second-order valence-electron chi connectivity index (χ2n) is 6.77. The Balaban J connectivity index is 1.43. The van der Waals surface area contributed by atoms with Crippen molar-refractivity contribution in [1.82, 2.24) is 14.8 Å². The van der Waals surface area contributed by atoms with Crippen molar-refractivity contribution in [2.45, 2.75) is 16.3 Å². The van der Waals surface area contributed by atoms with Crippen molar-refractivity contribution in [3.05, 3.63) is 82.6 Å². The van der Waals surface area contributed by atoms with Gasteiger partial charge in [-0.2, -0.15) is 5.10 Å². The molecule has 2 N–H and O–H groups in total. The molecule has 0 radical (unpaired) electrons. The quantitative estimate of drug-likeness (QED) is 0.313. The third-order valence-electron chi connectivity index (χ3n) is 4.61. The van der Waals surface area contributed by atoms with E-state index < -0.39 is 0 Å². The smallest absolute Gasteiger partial charge is 0.244 e. The minimum atomic E-state index is -0.205. The molecule has 0 saturated carbocycles. The lowest BCUT2D eigenvalue weighted by atomic mass is 10.2. The molecule has 3 aromatic carbocycles. The lowest BCUT2D eigenvalue weighted by Gasteiger charge is -2.10. The van der Waals surface area contributed by atoms with E-state index in [0.29, 0.717) is 21.3 Å². The van der Waals surface area contributed by atoms with Crippen LogP contribution in [0.15, 0.2) is 82.6 Å². The van der Waals surface area contributed by atoms with E-state index in [1.165, 1.54) is 0 Å². The van der Waals surface area contributed by atoms with Crippen LogP contribution in [0.4, 0.5) is 5.69 Å². The van der Waals surface area contributed by atoms with Gasteiger partial charge in [0.05, 0.1) is 12.1 Å². The number of amides is 1. The van der Waals surface area contributed by atoms with Gasteiger partial charge in [0.25, 0.3) is 0 Å². The van der Waals surface area contributed by atoms with Crippen molar-refractivity contribution < 1.29 is 9.53 Å². The molecule has 4 aromatic rings. The highest BCUT2D eigenvalue weighted by molar-refractivity contribution is 7.99. The Morgan fingerprint density at radius 3 is 2.53 bits per heavy atom. The average molecular weight is 483 g/mol. The highest BCUT2D eigenvalue weighted by Crippen LogP contribution is 2.33. The molecule has 0 aliphatic rings. The fourth-order valence-corrected chi connectivity index (χ4v) is 4.32. The lowest BCUT2D eigenvalue weighted by molar-refractivity contribution is -0.116.